The van der Waals surface area contributed by atoms with E-state index in [0.29, 0.717) is 17.5 Å². The first kappa shape index (κ1) is 14.1. The molecular weight excluding hydrogens is 246 g/mol. The molecule has 1 aromatic heterocycles. The van der Waals surface area contributed by atoms with Gasteiger partial charge in [0.05, 0.1) is 11.7 Å². The predicted molar refractivity (Wildman–Crippen MR) is 82.8 cm³/mol. The second-order valence-electron chi connectivity index (χ2n) is 7.39. The van der Waals surface area contributed by atoms with Crippen molar-refractivity contribution in [3.05, 3.63) is 18.0 Å². The summed E-state index contributed by atoms with van der Waals surface area (Å²) >= 11 is 0. The molecular formula is C17H29N3. The van der Waals surface area contributed by atoms with Crippen LogP contribution in [0.3, 0.4) is 0 Å². The summed E-state index contributed by atoms with van der Waals surface area (Å²) in [7, 11) is 0. The zero-order valence-electron chi connectivity index (χ0n) is 13.2. The Morgan fingerprint density at radius 2 is 2.10 bits per heavy atom. The van der Waals surface area contributed by atoms with Crippen LogP contribution in [0.4, 0.5) is 0 Å². The maximum absolute atomic E-state index is 4.85. The molecule has 1 heterocycles. The van der Waals surface area contributed by atoms with E-state index >= 15 is 0 Å². The Hall–Kier alpha value is -0.830. The van der Waals surface area contributed by atoms with E-state index in [4.69, 9.17) is 5.10 Å². The highest BCUT2D eigenvalue weighted by atomic mass is 15.3. The van der Waals surface area contributed by atoms with Crippen LogP contribution in [0.15, 0.2) is 12.3 Å². The van der Waals surface area contributed by atoms with E-state index in [9.17, 15) is 0 Å². The third-order valence-electron chi connectivity index (χ3n) is 5.33. The lowest BCUT2D eigenvalue weighted by Gasteiger charge is -2.18. The van der Waals surface area contributed by atoms with E-state index in [1.165, 1.54) is 37.8 Å². The van der Waals surface area contributed by atoms with E-state index in [0.717, 1.165) is 18.9 Å². The van der Waals surface area contributed by atoms with E-state index in [-0.39, 0.29) is 0 Å². The van der Waals surface area contributed by atoms with Crippen LogP contribution in [0.1, 0.15) is 64.6 Å². The largest absolute Gasteiger partial charge is 0.314 e. The minimum absolute atomic E-state index is 0.529. The van der Waals surface area contributed by atoms with Crippen LogP contribution in [0.5, 0.6) is 0 Å². The highest BCUT2D eigenvalue weighted by Crippen LogP contribution is 2.54. The normalized spacial score (nSPS) is 26.9. The molecule has 1 N–H and O–H groups in total. The summed E-state index contributed by atoms with van der Waals surface area (Å²) in [6, 6.07) is 3.50. The zero-order valence-corrected chi connectivity index (χ0v) is 13.2. The standard InChI is InChI=1S/C17H29N3/c1-4-18-16(15-12-17(15,2)3)11-13-9-10-20(19-13)14-7-5-6-8-14/h9-10,14-16,18H,4-8,11-12H2,1-3H3. The number of nitrogens with one attached hydrogen (secondary N) is 1. The summed E-state index contributed by atoms with van der Waals surface area (Å²) in [5.41, 5.74) is 1.80. The molecule has 3 heteroatoms. The number of rotatable bonds is 6. The number of hydrogen-bond acceptors (Lipinski definition) is 2. The third kappa shape index (κ3) is 2.93. The highest BCUT2D eigenvalue weighted by molar-refractivity contribution is 5.09. The van der Waals surface area contributed by atoms with Gasteiger partial charge in [0.25, 0.3) is 0 Å². The van der Waals surface area contributed by atoms with Crippen molar-refractivity contribution in [3.63, 3.8) is 0 Å². The van der Waals surface area contributed by atoms with Crippen LogP contribution in [-0.2, 0) is 6.42 Å². The predicted octanol–water partition coefficient (Wildman–Crippen LogP) is 3.56. The van der Waals surface area contributed by atoms with Gasteiger partial charge in [-0.25, -0.2) is 0 Å². The van der Waals surface area contributed by atoms with Crippen molar-refractivity contribution >= 4 is 0 Å². The molecule has 3 nitrogen and oxygen atoms in total. The lowest BCUT2D eigenvalue weighted by molar-refractivity contribution is 0.401. The van der Waals surface area contributed by atoms with E-state index in [1.807, 2.05) is 0 Å². The average molecular weight is 275 g/mol. The first-order chi connectivity index (χ1) is 9.60. The SMILES string of the molecule is CCNC(Cc1ccn(C2CCCC2)n1)C1CC1(C)C. The molecule has 0 bridgehead atoms. The van der Waals surface area contributed by atoms with Crippen molar-refractivity contribution in [1.82, 2.24) is 15.1 Å². The van der Waals surface area contributed by atoms with Crippen LogP contribution in [0, 0.1) is 11.3 Å². The minimum Gasteiger partial charge on any atom is -0.314 e. The fraction of sp³-hybridized carbons (Fsp3) is 0.824. The Labute approximate surface area is 123 Å². The fourth-order valence-electron chi connectivity index (χ4n) is 3.90. The van der Waals surface area contributed by atoms with Gasteiger partial charge in [-0.2, -0.15) is 5.10 Å². The quantitative estimate of drug-likeness (QED) is 0.860. The van der Waals surface area contributed by atoms with Crippen LogP contribution < -0.4 is 5.32 Å². The monoisotopic (exact) mass is 275 g/mol. The Morgan fingerprint density at radius 3 is 2.70 bits per heavy atom. The van der Waals surface area contributed by atoms with Crippen LogP contribution in [0.25, 0.3) is 0 Å². The molecule has 0 aliphatic heterocycles. The molecule has 112 valence electrons. The number of nitrogens with zero attached hydrogens (tertiary/aromatic N) is 2. The first-order valence-electron chi connectivity index (χ1n) is 8.37. The van der Waals surface area contributed by atoms with Crippen molar-refractivity contribution in [2.75, 3.05) is 6.54 Å². The van der Waals surface area contributed by atoms with Crippen LogP contribution in [0.2, 0.25) is 0 Å². The summed E-state index contributed by atoms with van der Waals surface area (Å²) in [5, 5.41) is 8.53. The third-order valence-corrected chi connectivity index (χ3v) is 5.33. The number of aromatic nitrogens is 2. The van der Waals surface area contributed by atoms with Gasteiger partial charge >= 0.3 is 0 Å². The maximum atomic E-state index is 4.85. The Kier molecular flexibility index (Phi) is 3.89. The Morgan fingerprint density at radius 1 is 1.40 bits per heavy atom. The Bertz CT molecular complexity index is 443. The molecule has 2 aliphatic rings. The Balaban J connectivity index is 1.63. The molecule has 0 saturated heterocycles. The van der Waals surface area contributed by atoms with Gasteiger partial charge in [0.15, 0.2) is 0 Å². The number of likely N-dealkylation sites (N-methyl/N-ethyl adjacent to an activating group) is 1. The van der Waals surface area contributed by atoms with Crippen molar-refractivity contribution in [3.8, 4) is 0 Å². The van der Waals surface area contributed by atoms with E-state index in [2.05, 4.69) is 43.0 Å². The van der Waals surface area contributed by atoms with Crippen molar-refractivity contribution in [2.24, 2.45) is 11.3 Å². The number of hydrogen-bond donors (Lipinski definition) is 1. The van der Waals surface area contributed by atoms with E-state index in [1.54, 1.807) is 0 Å². The van der Waals surface area contributed by atoms with Gasteiger partial charge in [-0.3, -0.25) is 4.68 Å². The van der Waals surface area contributed by atoms with Gasteiger partial charge < -0.3 is 5.32 Å². The fourth-order valence-corrected chi connectivity index (χ4v) is 3.90. The molecule has 2 saturated carbocycles. The second kappa shape index (κ2) is 5.51. The zero-order chi connectivity index (χ0) is 14.2. The van der Waals surface area contributed by atoms with Crippen molar-refractivity contribution in [2.45, 2.75) is 71.4 Å². The van der Waals surface area contributed by atoms with Crippen molar-refractivity contribution < 1.29 is 0 Å². The molecule has 2 aliphatic carbocycles. The van der Waals surface area contributed by atoms with Crippen molar-refractivity contribution in [1.29, 1.82) is 0 Å². The smallest absolute Gasteiger partial charge is 0.0640 e. The van der Waals surface area contributed by atoms with Gasteiger partial charge in [0.2, 0.25) is 0 Å². The second-order valence-corrected chi connectivity index (χ2v) is 7.39. The molecule has 1 aromatic rings. The van der Waals surface area contributed by atoms with Gasteiger partial charge in [0.1, 0.15) is 0 Å². The molecule has 2 unspecified atom stereocenters. The minimum atomic E-state index is 0.529. The van der Waals surface area contributed by atoms with Gasteiger partial charge in [0, 0.05) is 18.7 Å². The topological polar surface area (TPSA) is 29.9 Å². The lowest BCUT2D eigenvalue weighted by Crippen LogP contribution is -2.34. The first-order valence-corrected chi connectivity index (χ1v) is 8.37. The average Bonchev–Trinajstić information content (AvgIpc) is 2.84. The maximum Gasteiger partial charge on any atom is 0.0640 e. The van der Waals surface area contributed by atoms with Crippen LogP contribution in [-0.4, -0.2) is 22.4 Å². The van der Waals surface area contributed by atoms with Gasteiger partial charge in [-0.05, 0) is 43.2 Å². The molecule has 20 heavy (non-hydrogen) atoms. The summed E-state index contributed by atoms with van der Waals surface area (Å²) in [5.74, 6) is 0.819. The van der Waals surface area contributed by atoms with Gasteiger partial charge in [-0.1, -0.05) is 33.6 Å². The molecule has 0 amide bonds. The van der Waals surface area contributed by atoms with Crippen LogP contribution >= 0.6 is 0 Å². The molecule has 0 radical (unpaired) electrons. The highest BCUT2D eigenvalue weighted by Gasteiger charge is 2.49. The molecule has 0 aromatic carbocycles. The summed E-state index contributed by atoms with van der Waals surface area (Å²) in [4.78, 5) is 0. The molecule has 2 fully saturated rings. The molecule has 0 spiro atoms. The summed E-state index contributed by atoms with van der Waals surface area (Å²) in [6.07, 6.45) is 10.0. The summed E-state index contributed by atoms with van der Waals surface area (Å²) < 4.78 is 2.23. The van der Waals surface area contributed by atoms with E-state index < -0.39 is 0 Å². The summed E-state index contributed by atoms with van der Waals surface area (Å²) in [6.45, 7) is 8.04. The van der Waals surface area contributed by atoms with Gasteiger partial charge in [-0.15, -0.1) is 0 Å². The lowest BCUT2D eigenvalue weighted by atomic mass is 10.00. The molecule has 2 atom stereocenters. The molecule has 3 rings (SSSR count).